The van der Waals surface area contributed by atoms with Gasteiger partial charge in [0.05, 0.1) is 6.04 Å². The maximum Gasteiger partial charge on any atom is 0.405 e. The summed E-state index contributed by atoms with van der Waals surface area (Å²) in [7, 11) is 3.61. The number of carbonyl (C=O) groups excluding carboxylic acids is 2. The van der Waals surface area contributed by atoms with Gasteiger partial charge in [-0.2, -0.15) is 13.2 Å². The van der Waals surface area contributed by atoms with Gasteiger partial charge in [-0.25, -0.2) is 0 Å². The van der Waals surface area contributed by atoms with Crippen molar-refractivity contribution in [3.63, 3.8) is 0 Å². The molecule has 0 aliphatic rings. The van der Waals surface area contributed by atoms with Crippen LogP contribution in [0, 0.1) is 6.92 Å². The normalized spacial score (nSPS) is 12.8. The number of nitrogens with zero attached hydrogens (tertiary/aromatic N) is 1. The number of benzene rings is 1. The highest BCUT2D eigenvalue weighted by Crippen LogP contribution is 2.17. The second kappa shape index (κ2) is 7.96. The van der Waals surface area contributed by atoms with Gasteiger partial charge in [0.15, 0.2) is 0 Å². The Bertz CT molecular complexity index is 542. The molecule has 1 atom stereocenters. The predicted molar refractivity (Wildman–Crippen MR) is 79.7 cm³/mol. The lowest BCUT2D eigenvalue weighted by Gasteiger charge is -2.25. The molecule has 0 aliphatic heterocycles. The molecule has 8 heteroatoms. The van der Waals surface area contributed by atoms with Crippen molar-refractivity contribution in [1.82, 2.24) is 15.5 Å². The summed E-state index contributed by atoms with van der Waals surface area (Å²) in [5.41, 5.74) is 2.01. The number of likely N-dealkylation sites (N-methyl/N-ethyl adjacent to an activating group) is 1. The molecule has 1 rings (SSSR count). The monoisotopic (exact) mass is 331 g/mol. The largest absolute Gasteiger partial charge is 0.405 e. The van der Waals surface area contributed by atoms with Crippen LogP contribution in [0.1, 0.15) is 17.2 Å². The third-order valence-corrected chi connectivity index (χ3v) is 3.20. The summed E-state index contributed by atoms with van der Waals surface area (Å²) >= 11 is 0. The summed E-state index contributed by atoms with van der Waals surface area (Å²) in [5.74, 6) is -2.39. The highest BCUT2D eigenvalue weighted by Gasteiger charge is 2.29. The van der Waals surface area contributed by atoms with Gasteiger partial charge < -0.3 is 15.5 Å². The van der Waals surface area contributed by atoms with Gasteiger partial charge in [0.2, 0.25) is 0 Å². The van der Waals surface area contributed by atoms with E-state index in [-0.39, 0.29) is 12.6 Å². The van der Waals surface area contributed by atoms with E-state index >= 15 is 0 Å². The van der Waals surface area contributed by atoms with Crippen LogP contribution in [0.5, 0.6) is 0 Å². The number of amides is 2. The predicted octanol–water partition coefficient (Wildman–Crippen LogP) is 1.39. The first kappa shape index (κ1) is 19.0. The third-order valence-electron chi connectivity index (χ3n) is 3.20. The van der Waals surface area contributed by atoms with Crippen LogP contribution in [0.4, 0.5) is 13.2 Å². The van der Waals surface area contributed by atoms with Gasteiger partial charge in [-0.3, -0.25) is 9.59 Å². The van der Waals surface area contributed by atoms with Crippen LogP contribution in [0.3, 0.4) is 0 Å². The molecule has 2 N–H and O–H groups in total. The maximum atomic E-state index is 12.0. The van der Waals surface area contributed by atoms with E-state index in [1.54, 1.807) is 14.1 Å². The molecular formula is C15H20F3N3O2. The van der Waals surface area contributed by atoms with E-state index < -0.39 is 24.5 Å². The van der Waals surface area contributed by atoms with Crippen LogP contribution in [0.15, 0.2) is 24.3 Å². The van der Waals surface area contributed by atoms with Gasteiger partial charge >= 0.3 is 18.0 Å². The summed E-state index contributed by atoms with van der Waals surface area (Å²) in [6.45, 7) is 0.518. The van der Waals surface area contributed by atoms with Gasteiger partial charge in [0.25, 0.3) is 0 Å². The van der Waals surface area contributed by atoms with Gasteiger partial charge in [-0.15, -0.1) is 0 Å². The maximum absolute atomic E-state index is 12.0. The molecule has 0 saturated carbocycles. The minimum Gasteiger partial charge on any atom is -0.346 e. The van der Waals surface area contributed by atoms with Crippen LogP contribution < -0.4 is 10.6 Å². The highest BCUT2D eigenvalue weighted by atomic mass is 19.4. The zero-order valence-electron chi connectivity index (χ0n) is 13.2. The van der Waals surface area contributed by atoms with Gasteiger partial charge in [0, 0.05) is 6.54 Å². The highest BCUT2D eigenvalue weighted by molar-refractivity contribution is 6.35. The fraction of sp³-hybridized carbons (Fsp3) is 0.467. The Kier molecular flexibility index (Phi) is 6.56. The van der Waals surface area contributed by atoms with Crippen molar-refractivity contribution in [2.24, 2.45) is 0 Å². The van der Waals surface area contributed by atoms with Crippen molar-refractivity contribution in [3.05, 3.63) is 35.4 Å². The first-order valence-corrected chi connectivity index (χ1v) is 6.96. The van der Waals surface area contributed by atoms with E-state index in [0.717, 1.165) is 11.1 Å². The number of rotatable bonds is 5. The SMILES string of the molecule is Cc1ccc(C(CNC(=O)C(=O)NCC(F)(F)F)N(C)C)cc1. The van der Waals surface area contributed by atoms with Gasteiger partial charge in [-0.05, 0) is 26.6 Å². The lowest BCUT2D eigenvalue weighted by atomic mass is 10.0. The zero-order chi connectivity index (χ0) is 17.6. The Morgan fingerprint density at radius 2 is 1.61 bits per heavy atom. The lowest BCUT2D eigenvalue weighted by Crippen LogP contribution is -2.45. The number of aryl methyl sites for hydroxylation is 1. The summed E-state index contributed by atoms with van der Waals surface area (Å²) in [5, 5.41) is 3.89. The molecule has 1 aromatic rings. The van der Waals surface area contributed by atoms with E-state index in [0.29, 0.717) is 0 Å². The summed E-state index contributed by atoms with van der Waals surface area (Å²) in [4.78, 5) is 24.7. The van der Waals surface area contributed by atoms with Crippen molar-refractivity contribution in [2.45, 2.75) is 19.1 Å². The number of nitrogens with one attached hydrogen (secondary N) is 2. The Morgan fingerprint density at radius 1 is 1.09 bits per heavy atom. The van der Waals surface area contributed by atoms with Crippen molar-refractivity contribution in [1.29, 1.82) is 0 Å². The molecule has 5 nitrogen and oxygen atoms in total. The number of carbonyl (C=O) groups is 2. The van der Waals surface area contributed by atoms with Crippen molar-refractivity contribution in [2.75, 3.05) is 27.2 Å². The molecule has 1 aromatic carbocycles. The van der Waals surface area contributed by atoms with E-state index in [9.17, 15) is 22.8 Å². The number of hydrogen-bond acceptors (Lipinski definition) is 3. The Balaban J connectivity index is 2.60. The number of halogens is 3. The molecule has 0 aliphatic carbocycles. The molecule has 1 unspecified atom stereocenters. The minimum absolute atomic E-state index is 0.105. The molecule has 2 amide bonds. The quantitative estimate of drug-likeness (QED) is 0.802. The van der Waals surface area contributed by atoms with Crippen molar-refractivity contribution < 1.29 is 22.8 Å². The van der Waals surface area contributed by atoms with Crippen LogP contribution in [-0.2, 0) is 9.59 Å². The van der Waals surface area contributed by atoms with Gasteiger partial charge in [-0.1, -0.05) is 29.8 Å². The molecule has 0 heterocycles. The molecule has 0 aromatic heterocycles. The van der Waals surface area contributed by atoms with Crippen LogP contribution >= 0.6 is 0 Å². The van der Waals surface area contributed by atoms with Crippen molar-refractivity contribution in [3.8, 4) is 0 Å². The first-order chi connectivity index (χ1) is 10.6. The van der Waals surface area contributed by atoms with Crippen LogP contribution in [0.2, 0.25) is 0 Å². The minimum atomic E-state index is -4.55. The molecule has 0 radical (unpaired) electrons. The standard InChI is InChI=1S/C15H20F3N3O2/c1-10-4-6-11(7-5-10)12(21(2)3)8-19-13(22)14(23)20-9-15(16,17)18/h4-7,12H,8-9H2,1-3H3,(H,19,22)(H,20,23). The lowest BCUT2D eigenvalue weighted by molar-refractivity contribution is -0.146. The van der Waals surface area contributed by atoms with E-state index in [2.05, 4.69) is 5.32 Å². The van der Waals surface area contributed by atoms with Gasteiger partial charge in [0.1, 0.15) is 6.54 Å². The smallest absolute Gasteiger partial charge is 0.346 e. The second-order valence-electron chi connectivity index (χ2n) is 5.40. The van der Waals surface area contributed by atoms with Crippen LogP contribution in [-0.4, -0.2) is 50.1 Å². The molecule has 0 saturated heterocycles. The number of hydrogen-bond donors (Lipinski definition) is 2. The average Bonchev–Trinajstić information content (AvgIpc) is 2.45. The van der Waals surface area contributed by atoms with E-state index in [4.69, 9.17) is 0 Å². The first-order valence-electron chi connectivity index (χ1n) is 6.96. The van der Waals surface area contributed by atoms with Crippen molar-refractivity contribution >= 4 is 11.8 Å². The molecular weight excluding hydrogens is 311 g/mol. The Hall–Kier alpha value is -2.09. The average molecular weight is 331 g/mol. The number of alkyl halides is 3. The molecule has 0 fully saturated rings. The van der Waals surface area contributed by atoms with E-state index in [1.165, 1.54) is 5.32 Å². The third kappa shape index (κ3) is 6.68. The molecule has 0 bridgehead atoms. The summed E-state index contributed by atoms with van der Waals surface area (Å²) < 4.78 is 36.0. The molecule has 23 heavy (non-hydrogen) atoms. The summed E-state index contributed by atoms with van der Waals surface area (Å²) in [6.07, 6.45) is -4.55. The zero-order valence-corrected chi connectivity index (χ0v) is 13.2. The summed E-state index contributed by atoms with van der Waals surface area (Å²) in [6, 6.07) is 7.44. The fourth-order valence-electron chi connectivity index (χ4n) is 1.92. The van der Waals surface area contributed by atoms with E-state index in [1.807, 2.05) is 36.1 Å². The molecule has 128 valence electrons. The Labute approximate surface area is 132 Å². The second-order valence-corrected chi connectivity index (χ2v) is 5.40. The van der Waals surface area contributed by atoms with Crippen LogP contribution in [0.25, 0.3) is 0 Å². The fourth-order valence-corrected chi connectivity index (χ4v) is 1.92. The molecule has 0 spiro atoms. The topological polar surface area (TPSA) is 61.4 Å². The Morgan fingerprint density at radius 3 is 2.09 bits per heavy atom.